The molecule has 7 atom stereocenters. The first-order valence-electron chi connectivity index (χ1n) is 12.0. The van der Waals surface area contributed by atoms with Gasteiger partial charge in [-0.25, -0.2) is 4.79 Å². The lowest BCUT2D eigenvalue weighted by molar-refractivity contribution is -0.264. The zero-order chi connectivity index (χ0) is 23.1. The van der Waals surface area contributed by atoms with Crippen molar-refractivity contribution in [2.75, 3.05) is 0 Å². The summed E-state index contributed by atoms with van der Waals surface area (Å²) in [5.41, 5.74) is -0.258. The molecule has 2 heterocycles. The molecule has 174 valence electrons. The van der Waals surface area contributed by atoms with Gasteiger partial charge in [0.2, 0.25) is 0 Å². The number of hydrogen-bond donors (Lipinski definition) is 0. The van der Waals surface area contributed by atoms with Gasteiger partial charge in [-0.1, -0.05) is 58.0 Å². The fourth-order valence-corrected chi connectivity index (χ4v) is 6.38. The summed E-state index contributed by atoms with van der Waals surface area (Å²) < 4.78 is 19.0. The van der Waals surface area contributed by atoms with Gasteiger partial charge < -0.3 is 14.2 Å². The molecule has 1 aromatic carbocycles. The van der Waals surface area contributed by atoms with Crippen molar-refractivity contribution in [3.63, 3.8) is 0 Å². The van der Waals surface area contributed by atoms with Crippen LogP contribution in [0.5, 0.6) is 0 Å². The molecule has 5 heteroatoms. The average Bonchev–Trinajstić information content (AvgIpc) is 3.28. The molecule has 0 amide bonds. The van der Waals surface area contributed by atoms with Crippen LogP contribution in [-0.4, -0.2) is 35.3 Å². The van der Waals surface area contributed by atoms with Crippen molar-refractivity contribution in [3.8, 4) is 0 Å². The third-order valence-electron chi connectivity index (χ3n) is 8.17. The van der Waals surface area contributed by atoms with Crippen LogP contribution in [0.15, 0.2) is 36.4 Å². The summed E-state index contributed by atoms with van der Waals surface area (Å²) in [7, 11) is 0. The Morgan fingerprint density at radius 2 is 1.91 bits per heavy atom. The second-order valence-corrected chi connectivity index (χ2v) is 10.3. The van der Waals surface area contributed by atoms with E-state index in [4.69, 9.17) is 14.2 Å². The molecule has 32 heavy (non-hydrogen) atoms. The summed E-state index contributed by atoms with van der Waals surface area (Å²) in [6, 6.07) is 9.73. The van der Waals surface area contributed by atoms with Gasteiger partial charge in [0.15, 0.2) is 0 Å². The molecule has 0 spiro atoms. The number of fused-ring (bicyclic) bond motifs is 4. The van der Waals surface area contributed by atoms with Gasteiger partial charge in [0.05, 0.1) is 0 Å². The second kappa shape index (κ2) is 8.66. The molecule has 3 fully saturated rings. The minimum absolute atomic E-state index is 0.108. The van der Waals surface area contributed by atoms with E-state index in [1.165, 1.54) is 6.08 Å². The summed E-state index contributed by atoms with van der Waals surface area (Å²) in [4.78, 5) is 25.2. The highest BCUT2D eigenvalue weighted by Gasteiger charge is 2.72. The first kappa shape index (κ1) is 23.0. The van der Waals surface area contributed by atoms with Crippen molar-refractivity contribution in [3.05, 3.63) is 42.0 Å². The van der Waals surface area contributed by atoms with Gasteiger partial charge in [0, 0.05) is 24.8 Å². The number of ether oxygens (including phenoxy) is 3. The van der Waals surface area contributed by atoms with Gasteiger partial charge >= 0.3 is 11.9 Å². The van der Waals surface area contributed by atoms with Crippen molar-refractivity contribution >= 4 is 18.0 Å². The summed E-state index contributed by atoms with van der Waals surface area (Å²) >= 11 is 0. The lowest BCUT2D eigenvalue weighted by Crippen LogP contribution is -2.62. The Balaban J connectivity index is 1.65. The molecule has 1 saturated carbocycles. The van der Waals surface area contributed by atoms with Crippen molar-refractivity contribution < 1.29 is 23.8 Å². The highest BCUT2D eigenvalue weighted by Crippen LogP contribution is 2.63. The molecule has 2 aliphatic heterocycles. The highest BCUT2D eigenvalue weighted by molar-refractivity contribution is 5.87. The monoisotopic (exact) mass is 440 g/mol. The minimum Gasteiger partial charge on any atom is -0.459 e. The average molecular weight is 441 g/mol. The molecule has 0 N–H and O–H groups in total. The molecule has 3 aliphatic rings. The van der Waals surface area contributed by atoms with Crippen LogP contribution in [0.2, 0.25) is 0 Å². The van der Waals surface area contributed by atoms with Crippen LogP contribution in [0.4, 0.5) is 0 Å². The Morgan fingerprint density at radius 1 is 1.19 bits per heavy atom. The quantitative estimate of drug-likeness (QED) is 0.450. The standard InChI is InChI=1S/C27H36O5/c1-6-22(28)30-21-16-27(17(2)3)25(24-18(4)12-14-20(24)26(21,5)32-27)31-23(29)15-13-19-10-8-7-9-11-19/h7-11,13,15,17-18,20-21,24-25H,6,12,14,16H2,1-5H3/b15-13+. The lowest BCUT2D eigenvalue weighted by atomic mass is 9.69. The Bertz CT molecular complexity index is 877. The minimum atomic E-state index is -0.663. The van der Waals surface area contributed by atoms with Crippen LogP contribution in [-0.2, 0) is 23.8 Å². The summed E-state index contributed by atoms with van der Waals surface area (Å²) in [6.07, 6.45) is 5.57. The number of carbonyl (C=O) groups is 2. The Hall–Kier alpha value is -2.14. The van der Waals surface area contributed by atoms with Gasteiger partial charge in [-0.2, -0.15) is 0 Å². The van der Waals surface area contributed by atoms with Crippen LogP contribution < -0.4 is 0 Å². The third kappa shape index (κ3) is 3.79. The topological polar surface area (TPSA) is 61.8 Å². The van der Waals surface area contributed by atoms with Crippen molar-refractivity contribution in [2.24, 2.45) is 23.7 Å². The van der Waals surface area contributed by atoms with Crippen molar-refractivity contribution in [1.29, 1.82) is 0 Å². The fourth-order valence-electron chi connectivity index (χ4n) is 6.38. The number of carbonyl (C=O) groups excluding carboxylic acids is 2. The Morgan fingerprint density at radius 3 is 2.56 bits per heavy atom. The molecule has 1 aliphatic carbocycles. The van der Waals surface area contributed by atoms with Crippen LogP contribution in [0.25, 0.3) is 6.08 Å². The first-order chi connectivity index (χ1) is 15.2. The zero-order valence-corrected chi connectivity index (χ0v) is 19.9. The largest absolute Gasteiger partial charge is 0.459 e. The van der Waals surface area contributed by atoms with Crippen LogP contribution in [0.3, 0.4) is 0 Å². The van der Waals surface area contributed by atoms with Gasteiger partial charge in [0.1, 0.15) is 23.4 Å². The van der Waals surface area contributed by atoms with E-state index in [1.54, 1.807) is 6.08 Å². The van der Waals surface area contributed by atoms with E-state index < -0.39 is 11.2 Å². The molecule has 2 bridgehead atoms. The number of hydrogen-bond acceptors (Lipinski definition) is 5. The van der Waals surface area contributed by atoms with E-state index in [2.05, 4.69) is 27.7 Å². The second-order valence-electron chi connectivity index (χ2n) is 10.3. The van der Waals surface area contributed by atoms with E-state index in [0.29, 0.717) is 18.8 Å². The smallest absolute Gasteiger partial charge is 0.331 e. The Labute approximate surface area is 191 Å². The molecule has 1 aromatic rings. The van der Waals surface area contributed by atoms with Gasteiger partial charge in [-0.15, -0.1) is 0 Å². The third-order valence-corrected chi connectivity index (χ3v) is 8.17. The molecule has 5 nitrogen and oxygen atoms in total. The lowest BCUT2D eigenvalue weighted by Gasteiger charge is -2.52. The number of esters is 2. The molecule has 2 saturated heterocycles. The highest BCUT2D eigenvalue weighted by atomic mass is 16.6. The van der Waals surface area contributed by atoms with Crippen LogP contribution in [0.1, 0.15) is 65.9 Å². The van der Waals surface area contributed by atoms with Crippen molar-refractivity contribution in [1.82, 2.24) is 0 Å². The van der Waals surface area contributed by atoms with E-state index >= 15 is 0 Å². The predicted molar refractivity (Wildman–Crippen MR) is 123 cm³/mol. The summed E-state index contributed by atoms with van der Waals surface area (Å²) in [5, 5.41) is 0. The number of rotatable bonds is 6. The molecular formula is C27H36O5. The molecular weight excluding hydrogens is 404 g/mol. The number of benzene rings is 1. The molecule has 0 aromatic heterocycles. The fraction of sp³-hybridized carbons (Fsp3) is 0.630. The Kier molecular flexibility index (Phi) is 6.23. The van der Waals surface area contributed by atoms with Crippen molar-refractivity contribution in [2.45, 2.75) is 83.7 Å². The van der Waals surface area contributed by atoms with Crippen LogP contribution >= 0.6 is 0 Å². The predicted octanol–water partition coefficient (Wildman–Crippen LogP) is 5.18. The van der Waals surface area contributed by atoms with E-state index in [0.717, 1.165) is 18.4 Å². The first-order valence-corrected chi connectivity index (χ1v) is 12.0. The molecule has 4 rings (SSSR count). The molecule has 7 unspecified atom stereocenters. The van der Waals surface area contributed by atoms with E-state index in [-0.39, 0.29) is 41.9 Å². The maximum Gasteiger partial charge on any atom is 0.331 e. The normalized spacial score (nSPS) is 38.1. The van der Waals surface area contributed by atoms with Crippen LogP contribution in [0, 0.1) is 23.7 Å². The zero-order valence-electron chi connectivity index (χ0n) is 19.9. The SMILES string of the molecule is CCC(=O)OC1CC2(C(C)C)OC1(C)C1CCC(C)C1C2OC(=O)/C=C/c1ccccc1. The van der Waals surface area contributed by atoms with Gasteiger partial charge in [-0.05, 0) is 49.2 Å². The van der Waals surface area contributed by atoms with Gasteiger partial charge in [-0.3, -0.25) is 4.79 Å². The molecule has 0 radical (unpaired) electrons. The van der Waals surface area contributed by atoms with E-state index in [1.807, 2.05) is 37.3 Å². The maximum absolute atomic E-state index is 13.0. The summed E-state index contributed by atoms with van der Waals surface area (Å²) in [6.45, 7) is 10.4. The summed E-state index contributed by atoms with van der Waals surface area (Å²) in [5.74, 6) is 0.355. The van der Waals surface area contributed by atoms with Gasteiger partial charge in [0.25, 0.3) is 0 Å². The van der Waals surface area contributed by atoms with E-state index in [9.17, 15) is 9.59 Å². The maximum atomic E-state index is 13.0.